The van der Waals surface area contributed by atoms with Gasteiger partial charge in [-0.25, -0.2) is 9.59 Å². The molecule has 21 heteroatoms. The van der Waals surface area contributed by atoms with Crippen molar-refractivity contribution >= 4 is 29.0 Å². The molecule has 0 spiro atoms. The largest absolute Gasteiger partial charge is 0.479 e. The number of benzene rings is 2. The molecule has 2 saturated carbocycles. The number of fused-ring (bicyclic) bond motifs is 1. The van der Waals surface area contributed by atoms with E-state index < -0.39 is 115 Å². The molecule has 74 heavy (non-hydrogen) atoms. The monoisotopic (exact) mass is 1030 g/mol. The third kappa shape index (κ3) is 13.3. The number of nitrogens with zero attached hydrogens (tertiary/aromatic N) is 4. The van der Waals surface area contributed by atoms with Gasteiger partial charge in [-0.2, -0.15) is 0 Å². The first-order chi connectivity index (χ1) is 35.6. The number of aryl methyl sites for hydroxylation is 2. The number of nitro benzene ring substituents is 1. The lowest BCUT2D eigenvalue weighted by Crippen LogP contribution is -2.64. The summed E-state index contributed by atoms with van der Waals surface area (Å²) in [5.41, 5.74) is 3.92. The predicted octanol–water partition coefficient (Wildman–Crippen LogP) is 4.25. The molecular formula is C53H70N4O17. The summed E-state index contributed by atoms with van der Waals surface area (Å²) >= 11 is 0. The molecule has 3 heterocycles. The molecule has 0 radical (unpaired) electrons. The number of carboxylic acid groups (broad SMARTS) is 1. The predicted molar refractivity (Wildman–Crippen MR) is 261 cm³/mol. The smallest absolute Gasteiger partial charge is 0.338 e. The number of Topliss-reactive ketones (excluding diaryl/α,β-unsaturated/α-hetero) is 1. The molecule has 8 rings (SSSR count). The van der Waals surface area contributed by atoms with E-state index in [-0.39, 0.29) is 42.2 Å². The van der Waals surface area contributed by atoms with Crippen molar-refractivity contribution in [3.8, 4) is 0 Å². The molecule has 5 aliphatic rings. The highest BCUT2D eigenvalue weighted by atomic mass is 16.7. The minimum Gasteiger partial charge on any atom is -0.479 e. The van der Waals surface area contributed by atoms with Gasteiger partial charge in [-0.05, 0) is 99.0 Å². The second kappa shape index (κ2) is 25.2. The topological polar surface area (TPSA) is 302 Å². The Morgan fingerprint density at radius 3 is 2.38 bits per heavy atom. The number of hydrogen-bond donors (Lipinski definition) is 6. The van der Waals surface area contributed by atoms with Crippen LogP contribution in [0.15, 0.2) is 60.8 Å². The lowest BCUT2D eigenvalue weighted by atomic mass is 9.75. The van der Waals surface area contributed by atoms with Crippen molar-refractivity contribution in [3.63, 3.8) is 0 Å². The fourth-order valence-electron chi connectivity index (χ4n) is 11.2. The highest BCUT2D eigenvalue weighted by molar-refractivity contribution is 5.89. The van der Waals surface area contributed by atoms with Crippen LogP contribution in [0.3, 0.4) is 0 Å². The van der Waals surface area contributed by atoms with Crippen molar-refractivity contribution in [2.24, 2.45) is 17.8 Å². The number of esters is 1. The molecule has 0 bridgehead atoms. The highest BCUT2D eigenvalue weighted by Crippen LogP contribution is 2.40. The van der Waals surface area contributed by atoms with Crippen LogP contribution in [-0.4, -0.2) is 155 Å². The van der Waals surface area contributed by atoms with Crippen LogP contribution in [0.1, 0.15) is 118 Å². The zero-order chi connectivity index (χ0) is 52.6. The third-order valence-corrected chi connectivity index (χ3v) is 15.4. The van der Waals surface area contributed by atoms with Gasteiger partial charge < -0.3 is 59.1 Å². The van der Waals surface area contributed by atoms with E-state index in [1.807, 2.05) is 13.1 Å². The molecule has 2 saturated heterocycles. The molecule has 4 fully saturated rings. The minimum absolute atomic E-state index is 0.0122. The Balaban J connectivity index is 0.978. The zero-order valence-corrected chi connectivity index (χ0v) is 41.8. The van der Waals surface area contributed by atoms with Gasteiger partial charge in [-0.3, -0.25) is 19.6 Å². The zero-order valence-electron chi connectivity index (χ0n) is 41.8. The van der Waals surface area contributed by atoms with Crippen molar-refractivity contribution in [2.45, 2.75) is 190 Å². The summed E-state index contributed by atoms with van der Waals surface area (Å²) in [6, 6.07) is 12.9. The van der Waals surface area contributed by atoms with Gasteiger partial charge in [-0.1, -0.05) is 74.6 Å². The number of aromatic nitrogens is 3. The lowest BCUT2D eigenvalue weighted by Gasteiger charge is -2.48. The molecule has 6 N–H and O–H groups in total. The fraction of sp³-hybridized carbons (Fsp3) is 0.642. The molecule has 0 amide bonds. The number of nitro groups is 1. The van der Waals surface area contributed by atoms with Gasteiger partial charge in [0.05, 0.1) is 41.1 Å². The van der Waals surface area contributed by atoms with Crippen LogP contribution in [-0.2, 0) is 57.4 Å². The number of aliphatic hydroxyl groups is 5. The van der Waals surface area contributed by atoms with Gasteiger partial charge in [0.25, 0.3) is 5.69 Å². The van der Waals surface area contributed by atoms with E-state index in [1.54, 1.807) is 35.0 Å². The van der Waals surface area contributed by atoms with Crippen LogP contribution in [0.2, 0.25) is 0 Å². The van der Waals surface area contributed by atoms with Crippen LogP contribution in [0, 0.1) is 27.9 Å². The van der Waals surface area contributed by atoms with Gasteiger partial charge >= 0.3 is 11.9 Å². The van der Waals surface area contributed by atoms with Crippen LogP contribution in [0.5, 0.6) is 0 Å². The average Bonchev–Trinajstić information content (AvgIpc) is 4.03. The van der Waals surface area contributed by atoms with Crippen molar-refractivity contribution in [1.29, 1.82) is 0 Å². The standard InChI is InChI=1S/C53H70N4O17/c1-29-23-35(39(59)17-9-16-36-27-56(55-54-36)22-10-15-32-18-19-33-20-21-37(57(67)68)26-38(32)33)25-40(47(29)74-52-46(63)45(62)43(60)30(2)69-52)71-53-49(73-51(66)34-13-7-4-8-14-34)48(44(61)42(28-58)72-53)70-41(50(64)65)24-31-11-5-3-6-12-31/h4,7-8,13-14,18,20-21,26-27,29-31,35,40-49,52-53,58,60-63H,3,5-6,9-12,15-17,19,22-25,28H2,1-2H3,(H,64,65)/t29?,30?,35?,40-,41+,42+,43-,44+,45+,46?,47-,48?,49?,52+,53-/m1/s1. The Morgan fingerprint density at radius 2 is 1.65 bits per heavy atom. The molecule has 15 atom stereocenters. The van der Waals surface area contributed by atoms with E-state index in [0.29, 0.717) is 37.9 Å². The number of allylic oxidation sites excluding steroid dienone is 2. The molecule has 2 aromatic carbocycles. The Hall–Kier alpha value is -5.07. The fourth-order valence-corrected chi connectivity index (χ4v) is 11.2. The molecule has 404 valence electrons. The van der Waals surface area contributed by atoms with Gasteiger partial charge in [-0.15, -0.1) is 5.10 Å². The average molecular weight is 1040 g/mol. The quantitative estimate of drug-likeness (QED) is 0.0465. The van der Waals surface area contributed by atoms with Crippen LogP contribution in [0.25, 0.3) is 5.57 Å². The van der Waals surface area contributed by atoms with E-state index >= 15 is 0 Å². The maximum Gasteiger partial charge on any atom is 0.338 e. The summed E-state index contributed by atoms with van der Waals surface area (Å²) in [5, 5.41) is 85.0. The van der Waals surface area contributed by atoms with E-state index in [4.69, 9.17) is 28.4 Å². The van der Waals surface area contributed by atoms with Crippen LogP contribution >= 0.6 is 0 Å². The van der Waals surface area contributed by atoms with Crippen LogP contribution < -0.4 is 0 Å². The molecule has 3 aliphatic carbocycles. The lowest BCUT2D eigenvalue weighted by molar-refractivity contribution is -0.384. The summed E-state index contributed by atoms with van der Waals surface area (Å²) in [6.07, 6.45) is -6.52. The van der Waals surface area contributed by atoms with Gasteiger partial charge in [0.15, 0.2) is 24.8 Å². The van der Waals surface area contributed by atoms with Gasteiger partial charge in [0, 0.05) is 37.2 Å². The number of rotatable bonds is 22. The maximum atomic E-state index is 14.2. The minimum atomic E-state index is -1.70. The summed E-state index contributed by atoms with van der Waals surface area (Å²) in [4.78, 5) is 51.9. The van der Waals surface area contributed by atoms with Crippen molar-refractivity contribution in [2.75, 3.05) is 6.61 Å². The number of carbonyl (C=O) groups excluding carboxylic acids is 2. The molecule has 2 aliphatic heterocycles. The molecular weight excluding hydrogens is 965 g/mol. The number of aliphatic hydroxyl groups excluding tert-OH is 5. The van der Waals surface area contributed by atoms with Gasteiger partial charge in [0.1, 0.15) is 42.4 Å². The number of ether oxygens (including phenoxy) is 6. The second-order valence-electron chi connectivity index (χ2n) is 20.6. The molecule has 3 aromatic rings. The summed E-state index contributed by atoms with van der Waals surface area (Å²) in [5.74, 6) is -3.31. The molecule has 6 unspecified atom stereocenters. The van der Waals surface area contributed by atoms with E-state index in [1.165, 1.54) is 25.1 Å². The first-order valence-corrected chi connectivity index (χ1v) is 26.1. The Labute approximate surface area is 428 Å². The third-order valence-electron chi connectivity index (χ3n) is 15.4. The SMILES string of the molecule is CC1O[C@@H](O[C@@H]2C(C)CC(C(=O)CCCc3cn(CCCC4=CCc5ccc([N+](=O)[O-])cc54)nn3)C[C@H]2O[C@@H]2O[C@@H](CO)[C@H](O)C(O[C@@H](CC3CCCCC3)C(=O)O)C2OC(=O)c2ccccc2)C(O)[C@@H](O)[C@@H]1O. The Morgan fingerprint density at radius 1 is 0.878 bits per heavy atom. The number of hydrogen-bond acceptors (Lipinski definition) is 18. The summed E-state index contributed by atoms with van der Waals surface area (Å²) in [6.45, 7) is 3.13. The first-order valence-electron chi connectivity index (χ1n) is 26.1. The van der Waals surface area contributed by atoms with Crippen LogP contribution in [0.4, 0.5) is 5.69 Å². The van der Waals surface area contributed by atoms with Crippen molar-refractivity contribution in [1.82, 2.24) is 15.0 Å². The molecule has 1 aromatic heterocycles. The Bertz CT molecular complexity index is 2410. The first kappa shape index (κ1) is 55.2. The number of ketones is 1. The number of carboxylic acids is 1. The normalized spacial score (nSPS) is 31.8. The van der Waals surface area contributed by atoms with Crippen molar-refractivity contribution < 1.29 is 78.4 Å². The van der Waals surface area contributed by atoms with Crippen molar-refractivity contribution in [3.05, 3.63) is 93.3 Å². The van der Waals surface area contributed by atoms with E-state index in [2.05, 4.69) is 16.4 Å². The maximum absolute atomic E-state index is 14.2. The summed E-state index contributed by atoms with van der Waals surface area (Å²) < 4.78 is 39.3. The number of carbonyl (C=O) groups is 3. The highest BCUT2D eigenvalue weighted by Gasteiger charge is 2.54. The number of non-ortho nitro benzene ring substituents is 1. The number of aliphatic carboxylic acids is 1. The second-order valence-corrected chi connectivity index (χ2v) is 20.6. The van der Waals surface area contributed by atoms with E-state index in [0.717, 1.165) is 61.6 Å². The van der Waals surface area contributed by atoms with Gasteiger partial charge in [0.2, 0.25) is 0 Å². The van der Waals surface area contributed by atoms with E-state index in [9.17, 15) is 55.1 Å². The Kier molecular flexibility index (Phi) is 18.8. The molecule has 21 nitrogen and oxygen atoms in total. The summed E-state index contributed by atoms with van der Waals surface area (Å²) in [7, 11) is 0.